The van der Waals surface area contributed by atoms with Gasteiger partial charge >= 0.3 is 0 Å². The van der Waals surface area contributed by atoms with E-state index in [1.165, 1.54) is 12.8 Å². The molecule has 5 heteroatoms. The van der Waals surface area contributed by atoms with Gasteiger partial charge in [0.15, 0.2) is 0 Å². The molecule has 3 atom stereocenters. The van der Waals surface area contributed by atoms with Crippen molar-refractivity contribution in [2.75, 3.05) is 6.54 Å². The summed E-state index contributed by atoms with van der Waals surface area (Å²) in [5.41, 5.74) is 6.02. The number of sulfonamides is 1. The highest BCUT2D eigenvalue weighted by Gasteiger charge is 2.41. The van der Waals surface area contributed by atoms with Gasteiger partial charge in [0.2, 0.25) is 10.0 Å². The summed E-state index contributed by atoms with van der Waals surface area (Å²) >= 11 is 0. The lowest BCUT2D eigenvalue weighted by Crippen LogP contribution is -2.38. The summed E-state index contributed by atoms with van der Waals surface area (Å²) in [6.07, 6.45) is 4.57. The molecule has 2 saturated carbocycles. The molecule has 0 radical (unpaired) electrons. The zero-order valence-electron chi connectivity index (χ0n) is 11.9. The van der Waals surface area contributed by atoms with Crippen molar-refractivity contribution < 1.29 is 8.42 Å². The average Bonchev–Trinajstić information content (AvgIpc) is 3.07. The summed E-state index contributed by atoms with van der Waals surface area (Å²) in [5.74, 6) is 6.84. The maximum Gasteiger partial charge on any atom is 0.240 e. The van der Waals surface area contributed by atoms with Gasteiger partial charge in [-0.05, 0) is 49.3 Å². The standard InChI is InChI=1S/C16H20N2O2S/c17-8-2-4-12-3-1-5-15(10-12)21(19,20)18-16-11-13-6-7-14(16)9-13/h1,3,5,10,13-14,16,18H,6-9,11,17H2. The second kappa shape index (κ2) is 5.80. The SMILES string of the molecule is NCC#Cc1cccc(S(=O)(=O)NC2CC3CCC2C3)c1. The van der Waals surface area contributed by atoms with E-state index in [9.17, 15) is 8.42 Å². The van der Waals surface area contributed by atoms with Crippen LogP contribution in [0.2, 0.25) is 0 Å². The molecule has 112 valence electrons. The van der Waals surface area contributed by atoms with Crippen LogP contribution in [0.3, 0.4) is 0 Å². The monoisotopic (exact) mass is 304 g/mol. The first-order chi connectivity index (χ1) is 10.1. The Bertz CT molecular complexity index is 688. The summed E-state index contributed by atoms with van der Waals surface area (Å²) in [7, 11) is -3.46. The predicted molar refractivity (Wildman–Crippen MR) is 81.9 cm³/mol. The van der Waals surface area contributed by atoms with Crippen molar-refractivity contribution >= 4 is 10.0 Å². The van der Waals surface area contributed by atoms with Gasteiger partial charge in [-0.15, -0.1) is 0 Å². The van der Waals surface area contributed by atoms with Gasteiger partial charge in [-0.2, -0.15) is 0 Å². The van der Waals surface area contributed by atoms with Crippen molar-refractivity contribution in [3.05, 3.63) is 29.8 Å². The molecular formula is C16H20N2O2S. The molecular weight excluding hydrogens is 284 g/mol. The van der Waals surface area contributed by atoms with Crippen molar-refractivity contribution in [1.29, 1.82) is 0 Å². The van der Waals surface area contributed by atoms with Gasteiger partial charge in [0.1, 0.15) is 0 Å². The Labute approximate surface area is 126 Å². The average molecular weight is 304 g/mol. The van der Waals surface area contributed by atoms with Gasteiger partial charge in [0.05, 0.1) is 11.4 Å². The first-order valence-corrected chi connectivity index (χ1v) is 8.88. The van der Waals surface area contributed by atoms with Crippen LogP contribution >= 0.6 is 0 Å². The molecule has 4 nitrogen and oxygen atoms in total. The maximum atomic E-state index is 12.5. The van der Waals surface area contributed by atoms with Gasteiger partial charge in [-0.1, -0.05) is 24.3 Å². The summed E-state index contributed by atoms with van der Waals surface area (Å²) in [5, 5.41) is 0. The lowest BCUT2D eigenvalue weighted by atomic mass is 9.96. The fourth-order valence-corrected chi connectivity index (χ4v) is 4.91. The molecule has 2 aliphatic rings. The number of hydrogen-bond acceptors (Lipinski definition) is 3. The second-order valence-corrected chi connectivity index (χ2v) is 7.65. The molecule has 21 heavy (non-hydrogen) atoms. The van der Waals surface area contributed by atoms with E-state index in [-0.39, 0.29) is 17.5 Å². The Morgan fingerprint density at radius 2 is 2.14 bits per heavy atom. The zero-order valence-corrected chi connectivity index (χ0v) is 12.7. The summed E-state index contributed by atoms with van der Waals surface area (Å²) in [6, 6.07) is 6.84. The first kappa shape index (κ1) is 14.6. The Hall–Kier alpha value is -1.35. The lowest BCUT2D eigenvalue weighted by Gasteiger charge is -2.22. The fourth-order valence-electron chi connectivity index (χ4n) is 3.55. The molecule has 0 aliphatic heterocycles. The van der Waals surface area contributed by atoms with Crippen LogP contribution in [0.15, 0.2) is 29.2 Å². The Morgan fingerprint density at radius 3 is 2.81 bits per heavy atom. The smallest absolute Gasteiger partial charge is 0.240 e. The Kier molecular flexibility index (Phi) is 4.03. The van der Waals surface area contributed by atoms with Gasteiger partial charge in [0, 0.05) is 11.6 Å². The molecule has 3 unspecified atom stereocenters. The highest BCUT2D eigenvalue weighted by atomic mass is 32.2. The van der Waals surface area contributed by atoms with Crippen LogP contribution in [0.25, 0.3) is 0 Å². The molecule has 2 fully saturated rings. The molecule has 0 aromatic heterocycles. The van der Waals surface area contributed by atoms with Gasteiger partial charge < -0.3 is 5.73 Å². The Balaban J connectivity index is 1.78. The topological polar surface area (TPSA) is 72.2 Å². The minimum absolute atomic E-state index is 0.104. The second-order valence-electron chi connectivity index (χ2n) is 5.94. The van der Waals surface area contributed by atoms with E-state index in [1.807, 2.05) is 0 Å². The molecule has 0 saturated heterocycles. The van der Waals surface area contributed by atoms with E-state index in [1.54, 1.807) is 24.3 Å². The van der Waals surface area contributed by atoms with Crippen molar-refractivity contribution in [2.45, 2.75) is 36.6 Å². The molecule has 0 spiro atoms. The number of benzene rings is 1. The lowest BCUT2D eigenvalue weighted by molar-refractivity contribution is 0.390. The molecule has 3 rings (SSSR count). The van der Waals surface area contributed by atoms with E-state index >= 15 is 0 Å². The number of nitrogens with two attached hydrogens (primary N) is 1. The highest BCUT2D eigenvalue weighted by molar-refractivity contribution is 7.89. The first-order valence-electron chi connectivity index (χ1n) is 7.40. The molecule has 0 amide bonds. The minimum Gasteiger partial charge on any atom is -0.320 e. The zero-order chi connectivity index (χ0) is 14.9. The van der Waals surface area contributed by atoms with Gasteiger partial charge in [0.25, 0.3) is 0 Å². The molecule has 2 aliphatic carbocycles. The predicted octanol–water partition coefficient (Wildman–Crippen LogP) is 1.46. The minimum atomic E-state index is -3.46. The van der Waals surface area contributed by atoms with Crippen LogP contribution in [0.5, 0.6) is 0 Å². The third-order valence-corrected chi connectivity index (χ3v) is 6.01. The van der Waals surface area contributed by atoms with Crippen molar-refractivity contribution in [3.63, 3.8) is 0 Å². The number of rotatable bonds is 3. The number of hydrogen-bond donors (Lipinski definition) is 2. The fraction of sp³-hybridized carbons (Fsp3) is 0.500. The van der Waals surface area contributed by atoms with E-state index in [4.69, 9.17) is 5.73 Å². The molecule has 2 bridgehead atoms. The van der Waals surface area contributed by atoms with E-state index in [0.29, 0.717) is 17.4 Å². The summed E-state index contributed by atoms with van der Waals surface area (Å²) in [6.45, 7) is 0.264. The summed E-state index contributed by atoms with van der Waals surface area (Å²) < 4.78 is 27.9. The largest absolute Gasteiger partial charge is 0.320 e. The van der Waals surface area contributed by atoms with Crippen molar-refractivity contribution in [2.24, 2.45) is 17.6 Å². The number of fused-ring (bicyclic) bond motifs is 2. The van der Waals surface area contributed by atoms with E-state index in [2.05, 4.69) is 16.6 Å². The Morgan fingerprint density at radius 1 is 1.29 bits per heavy atom. The van der Waals surface area contributed by atoms with Crippen LogP contribution in [0.1, 0.15) is 31.2 Å². The maximum absolute atomic E-state index is 12.5. The third kappa shape index (κ3) is 3.13. The van der Waals surface area contributed by atoms with Crippen LogP contribution < -0.4 is 10.5 Å². The molecule has 1 aromatic carbocycles. The molecule has 3 N–H and O–H groups in total. The van der Waals surface area contributed by atoms with Crippen molar-refractivity contribution in [1.82, 2.24) is 4.72 Å². The highest BCUT2D eigenvalue weighted by Crippen LogP contribution is 2.44. The quantitative estimate of drug-likeness (QED) is 0.831. The normalized spacial score (nSPS) is 27.4. The van der Waals surface area contributed by atoms with E-state index in [0.717, 1.165) is 12.8 Å². The van der Waals surface area contributed by atoms with Gasteiger partial charge in [-0.3, -0.25) is 0 Å². The van der Waals surface area contributed by atoms with E-state index < -0.39 is 10.0 Å². The summed E-state index contributed by atoms with van der Waals surface area (Å²) in [4.78, 5) is 0.286. The third-order valence-electron chi connectivity index (χ3n) is 4.52. The van der Waals surface area contributed by atoms with Crippen LogP contribution in [0.4, 0.5) is 0 Å². The molecule has 0 heterocycles. The van der Waals surface area contributed by atoms with Gasteiger partial charge in [-0.25, -0.2) is 13.1 Å². The van der Waals surface area contributed by atoms with Crippen molar-refractivity contribution in [3.8, 4) is 11.8 Å². The van der Waals surface area contributed by atoms with Crippen LogP contribution in [-0.2, 0) is 10.0 Å². The molecule has 1 aromatic rings. The van der Waals surface area contributed by atoms with Crippen LogP contribution in [-0.4, -0.2) is 21.0 Å². The number of nitrogens with one attached hydrogen (secondary N) is 1. The van der Waals surface area contributed by atoms with Crippen LogP contribution in [0, 0.1) is 23.7 Å².